The van der Waals surface area contributed by atoms with Crippen LogP contribution in [0.25, 0.3) is 33.6 Å². The molecular formula is C19H19N9O. The highest BCUT2D eigenvalue weighted by Gasteiger charge is 2.14. The summed E-state index contributed by atoms with van der Waals surface area (Å²) in [4.78, 5) is 13.7. The summed E-state index contributed by atoms with van der Waals surface area (Å²) < 4.78 is 10.9. The Labute approximate surface area is 165 Å². The van der Waals surface area contributed by atoms with Gasteiger partial charge in [-0.25, -0.2) is 15.0 Å². The quantitative estimate of drug-likeness (QED) is 0.504. The largest absolute Gasteiger partial charge is 0.496 e. The molecule has 5 heterocycles. The van der Waals surface area contributed by atoms with E-state index >= 15 is 0 Å². The van der Waals surface area contributed by atoms with Crippen molar-refractivity contribution in [1.29, 1.82) is 0 Å². The van der Waals surface area contributed by atoms with Crippen LogP contribution in [-0.4, -0.2) is 46.2 Å². The molecule has 10 nitrogen and oxygen atoms in total. The van der Waals surface area contributed by atoms with E-state index in [1.54, 1.807) is 22.7 Å². The minimum Gasteiger partial charge on any atom is -0.496 e. The van der Waals surface area contributed by atoms with Crippen molar-refractivity contribution in [3.05, 3.63) is 36.8 Å². The number of nitrogens with zero attached hydrogens (tertiary/aromatic N) is 8. The standard InChI is InChI=1S/C19H19N9O/c1-26-6-5-11-9-20-17(24-18(11)26)13-7-16(27(2)25-13)22-15-8-14(29-4)12-10-21-28(3)19(12)23-15/h5-10H,1-4H3,(H,22,23). The Morgan fingerprint density at radius 3 is 2.69 bits per heavy atom. The number of nitrogens with one attached hydrogen (secondary N) is 1. The van der Waals surface area contributed by atoms with Gasteiger partial charge in [-0.15, -0.1) is 0 Å². The van der Waals surface area contributed by atoms with Crippen LogP contribution in [0, 0.1) is 0 Å². The number of fused-ring (bicyclic) bond motifs is 2. The maximum absolute atomic E-state index is 5.49. The van der Waals surface area contributed by atoms with Crippen LogP contribution in [-0.2, 0) is 21.1 Å². The molecule has 5 aromatic rings. The zero-order chi connectivity index (χ0) is 20.1. The van der Waals surface area contributed by atoms with E-state index in [0.717, 1.165) is 27.9 Å². The number of hydrogen-bond acceptors (Lipinski definition) is 7. The third-order valence-electron chi connectivity index (χ3n) is 4.86. The van der Waals surface area contributed by atoms with E-state index in [-0.39, 0.29) is 0 Å². The van der Waals surface area contributed by atoms with E-state index in [4.69, 9.17) is 4.74 Å². The Kier molecular flexibility index (Phi) is 3.73. The molecule has 10 heteroatoms. The summed E-state index contributed by atoms with van der Waals surface area (Å²) in [5, 5.41) is 14.0. The molecule has 0 amide bonds. The average Bonchev–Trinajstić information content (AvgIpc) is 3.40. The minimum atomic E-state index is 0.565. The zero-order valence-corrected chi connectivity index (χ0v) is 16.5. The van der Waals surface area contributed by atoms with E-state index in [1.807, 2.05) is 56.3 Å². The number of rotatable bonds is 4. The first-order valence-corrected chi connectivity index (χ1v) is 9.00. The van der Waals surface area contributed by atoms with E-state index in [1.165, 1.54) is 0 Å². The summed E-state index contributed by atoms with van der Waals surface area (Å²) in [5.41, 5.74) is 2.27. The fraction of sp³-hybridized carbons (Fsp3) is 0.211. The lowest BCUT2D eigenvalue weighted by molar-refractivity contribution is 0.419. The molecule has 0 atom stereocenters. The third kappa shape index (κ3) is 2.76. The lowest BCUT2D eigenvalue weighted by atomic mass is 10.3. The Hall–Kier alpha value is -3.95. The van der Waals surface area contributed by atoms with Crippen LogP contribution in [0.1, 0.15) is 0 Å². The van der Waals surface area contributed by atoms with Gasteiger partial charge >= 0.3 is 0 Å². The van der Waals surface area contributed by atoms with Crippen LogP contribution in [0.2, 0.25) is 0 Å². The van der Waals surface area contributed by atoms with Gasteiger partial charge in [0, 0.05) is 51.1 Å². The molecule has 5 rings (SSSR count). The molecule has 0 radical (unpaired) electrons. The molecule has 0 aliphatic heterocycles. The normalized spacial score (nSPS) is 11.4. The number of anilines is 2. The van der Waals surface area contributed by atoms with Gasteiger partial charge in [-0.3, -0.25) is 9.36 Å². The monoisotopic (exact) mass is 389 g/mol. The molecule has 1 N–H and O–H groups in total. The van der Waals surface area contributed by atoms with Gasteiger partial charge in [0.15, 0.2) is 11.5 Å². The van der Waals surface area contributed by atoms with Gasteiger partial charge in [-0.1, -0.05) is 0 Å². The SMILES string of the molecule is COc1cc(Nc2cc(-c3ncc4ccn(C)c4n3)nn2C)nc2c1cnn2C. The van der Waals surface area contributed by atoms with E-state index in [9.17, 15) is 0 Å². The Bertz CT molecular complexity index is 1360. The number of hydrogen-bond donors (Lipinski definition) is 1. The minimum absolute atomic E-state index is 0.565. The molecule has 0 bridgehead atoms. The fourth-order valence-electron chi connectivity index (χ4n) is 3.31. The van der Waals surface area contributed by atoms with E-state index in [0.29, 0.717) is 23.1 Å². The van der Waals surface area contributed by atoms with Crippen LogP contribution in [0.5, 0.6) is 5.75 Å². The summed E-state index contributed by atoms with van der Waals surface area (Å²) in [6, 6.07) is 5.72. The van der Waals surface area contributed by atoms with Crippen molar-refractivity contribution < 1.29 is 4.74 Å². The van der Waals surface area contributed by atoms with Crippen LogP contribution in [0.4, 0.5) is 11.6 Å². The summed E-state index contributed by atoms with van der Waals surface area (Å²) in [7, 11) is 7.29. The summed E-state index contributed by atoms with van der Waals surface area (Å²) in [6.45, 7) is 0. The molecule has 0 aliphatic rings. The van der Waals surface area contributed by atoms with Gasteiger partial charge in [0.05, 0.1) is 18.7 Å². The number of methoxy groups -OCH3 is 1. The smallest absolute Gasteiger partial charge is 0.182 e. The summed E-state index contributed by atoms with van der Waals surface area (Å²) in [6.07, 6.45) is 5.51. The predicted molar refractivity (Wildman–Crippen MR) is 109 cm³/mol. The molecule has 5 aromatic heterocycles. The molecule has 0 spiro atoms. The Morgan fingerprint density at radius 2 is 1.86 bits per heavy atom. The lowest BCUT2D eigenvalue weighted by Crippen LogP contribution is -2.02. The van der Waals surface area contributed by atoms with Gasteiger partial charge in [-0.05, 0) is 6.07 Å². The summed E-state index contributed by atoms with van der Waals surface area (Å²) in [5.74, 6) is 2.65. The second-order valence-corrected chi connectivity index (χ2v) is 6.78. The topological polar surface area (TPSA) is 100 Å². The molecule has 0 saturated carbocycles. The molecule has 146 valence electrons. The molecular weight excluding hydrogens is 370 g/mol. The highest BCUT2D eigenvalue weighted by Crippen LogP contribution is 2.29. The molecule has 0 aromatic carbocycles. The van der Waals surface area contributed by atoms with Gasteiger partial charge in [0.25, 0.3) is 0 Å². The van der Waals surface area contributed by atoms with Crippen LogP contribution < -0.4 is 10.1 Å². The van der Waals surface area contributed by atoms with Crippen LogP contribution in [0.3, 0.4) is 0 Å². The molecule has 0 aliphatic carbocycles. The first kappa shape index (κ1) is 17.2. The van der Waals surface area contributed by atoms with Crippen molar-refractivity contribution in [2.45, 2.75) is 0 Å². The van der Waals surface area contributed by atoms with Crippen molar-refractivity contribution in [1.82, 2.24) is 39.1 Å². The van der Waals surface area contributed by atoms with Crippen molar-refractivity contribution >= 4 is 33.7 Å². The molecule has 0 saturated heterocycles. The van der Waals surface area contributed by atoms with Gasteiger partial charge in [0.1, 0.15) is 28.7 Å². The van der Waals surface area contributed by atoms with Crippen LogP contribution in [0.15, 0.2) is 36.8 Å². The second-order valence-electron chi connectivity index (χ2n) is 6.78. The second kappa shape index (κ2) is 6.30. The van der Waals surface area contributed by atoms with Gasteiger partial charge in [-0.2, -0.15) is 10.2 Å². The molecule has 0 fully saturated rings. The summed E-state index contributed by atoms with van der Waals surface area (Å²) >= 11 is 0. The first-order chi connectivity index (χ1) is 14.0. The zero-order valence-electron chi connectivity index (χ0n) is 16.5. The van der Waals surface area contributed by atoms with E-state index < -0.39 is 0 Å². The van der Waals surface area contributed by atoms with Crippen LogP contribution >= 0.6 is 0 Å². The fourth-order valence-corrected chi connectivity index (χ4v) is 3.31. The Balaban J connectivity index is 1.53. The van der Waals surface area contributed by atoms with Gasteiger partial charge < -0.3 is 14.6 Å². The first-order valence-electron chi connectivity index (χ1n) is 9.00. The number of aromatic nitrogens is 8. The van der Waals surface area contributed by atoms with Crippen molar-refractivity contribution in [2.75, 3.05) is 12.4 Å². The molecule has 0 unspecified atom stereocenters. The number of ether oxygens (including phenoxy) is 1. The maximum atomic E-state index is 5.49. The van der Waals surface area contributed by atoms with Gasteiger partial charge in [0.2, 0.25) is 0 Å². The third-order valence-corrected chi connectivity index (χ3v) is 4.86. The Morgan fingerprint density at radius 1 is 1.00 bits per heavy atom. The van der Waals surface area contributed by atoms with Crippen molar-refractivity contribution in [3.63, 3.8) is 0 Å². The van der Waals surface area contributed by atoms with Crippen molar-refractivity contribution in [3.8, 4) is 17.3 Å². The number of aryl methyl sites for hydroxylation is 3. The molecule has 29 heavy (non-hydrogen) atoms. The highest BCUT2D eigenvalue weighted by atomic mass is 16.5. The number of pyridine rings is 1. The lowest BCUT2D eigenvalue weighted by Gasteiger charge is -2.08. The highest BCUT2D eigenvalue weighted by molar-refractivity contribution is 5.84. The van der Waals surface area contributed by atoms with E-state index in [2.05, 4.69) is 30.5 Å². The maximum Gasteiger partial charge on any atom is 0.182 e. The van der Waals surface area contributed by atoms with Crippen molar-refractivity contribution in [2.24, 2.45) is 21.1 Å². The average molecular weight is 389 g/mol. The predicted octanol–water partition coefficient (Wildman–Crippen LogP) is 2.40.